The topological polar surface area (TPSA) is 84.8 Å². The van der Waals surface area contributed by atoms with E-state index in [0.29, 0.717) is 30.0 Å². The van der Waals surface area contributed by atoms with Crippen LogP contribution in [0.5, 0.6) is 5.75 Å². The number of hydrogen-bond acceptors (Lipinski definition) is 4. The lowest BCUT2D eigenvalue weighted by Crippen LogP contribution is -2.40. The van der Waals surface area contributed by atoms with Crippen LogP contribution < -0.4 is 10.1 Å². The molecule has 6 heteroatoms. The number of benzene rings is 1. The van der Waals surface area contributed by atoms with Crippen LogP contribution >= 0.6 is 0 Å². The van der Waals surface area contributed by atoms with Crippen molar-refractivity contribution in [1.82, 2.24) is 0 Å². The average Bonchev–Trinajstić information content (AvgIpc) is 2.53. The number of nitrogens with one attached hydrogen (secondary N) is 1. The van der Waals surface area contributed by atoms with Crippen molar-refractivity contribution in [2.75, 3.05) is 12.4 Å². The quantitative estimate of drug-likeness (QED) is 0.857. The summed E-state index contributed by atoms with van der Waals surface area (Å²) < 4.78 is 5.19. The van der Waals surface area contributed by atoms with E-state index >= 15 is 0 Å². The van der Waals surface area contributed by atoms with Gasteiger partial charge in [0, 0.05) is 12.1 Å². The van der Waals surface area contributed by atoms with E-state index in [1.54, 1.807) is 24.3 Å². The lowest BCUT2D eigenvalue weighted by molar-refractivity contribution is -0.122. The first kappa shape index (κ1) is 17.1. The maximum absolute atomic E-state index is 12.5. The Kier molecular flexibility index (Phi) is 4.29. The smallest absolute Gasteiger partial charge is 0.282 e. The minimum absolute atomic E-state index is 0.00917. The number of dihydropyridines is 1. The van der Waals surface area contributed by atoms with Crippen molar-refractivity contribution in [1.29, 1.82) is 0 Å². The molecule has 2 aliphatic rings. The molecule has 3 rings (SSSR count). The van der Waals surface area contributed by atoms with Crippen LogP contribution in [0.4, 0.5) is 5.69 Å². The number of methoxy groups -OCH3 is 1. The zero-order valence-electron chi connectivity index (χ0n) is 14.5. The molecule has 0 saturated heterocycles. The van der Waals surface area contributed by atoms with Crippen LogP contribution in [-0.4, -0.2) is 30.4 Å². The fourth-order valence-electron chi connectivity index (χ4n) is 3.27. The normalized spacial score (nSPS) is 21.8. The first-order chi connectivity index (χ1) is 11.8. The first-order valence-electron chi connectivity index (χ1n) is 8.11. The number of rotatable bonds is 3. The third-order valence-electron chi connectivity index (χ3n) is 4.43. The van der Waals surface area contributed by atoms with E-state index in [4.69, 9.17) is 4.74 Å². The Bertz CT molecular complexity index is 820. The third-order valence-corrected chi connectivity index (χ3v) is 4.43. The monoisotopic (exact) mass is 340 g/mol. The maximum Gasteiger partial charge on any atom is 0.282 e. The summed E-state index contributed by atoms with van der Waals surface area (Å²) in [6.45, 7) is 3.95. The number of fused-ring (bicyclic) bond motifs is 1. The van der Waals surface area contributed by atoms with E-state index in [-0.39, 0.29) is 16.8 Å². The van der Waals surface area contributed by atoms with Crippen molar-refractivity contribution in [2.45, 2.75) is 26.7 Å². The van der Waals surface area contributed by atoms with Gasteiger partial charge in [-0.15, -0.1) is 0 Å². The molecular formula is C19H20N2O4. The fourth-order valence-corrected chi connectivity index (χ4v) is 3.27. The van der Waals surface area contributed by atoms with Gasteiger partial charge in [-0.2, -0.15) is 0 Å². The molecule has 1 saturated carbocycles. The Hall–Kier alpha value is -2.76. The van der Waals surface area contributed by atoms with Crippen LogP contribution in [-0.2, 0) is 14.4 Å². The van der Waals surface area contributed by atoms with Crippen molar-refractivity contribution >= 4 is 29.0 Å². The summed E-state index contributed by atoms with van der Waals surface area (Å²) in [5.74, 6) is -1.30. The van der Waals surface area contributed by atoms with Gasteiger partial charge in [0.05, 0.1) is 18.7 Å². The minimum atomic E-state index is -0.607. The van der Waals surface area contributed by atoms with Crippen LogP contribution in [0.25, 0.3) is 0 Å². The summed E-state index contributed by atoms with van der Waals surface area (Å²) in [7, 11) is 1.50. The van der Waals surface area contributed by atoms with Crippen molar-refractivity contribution in [3.05, 3.63) is 35.9 Å². The zero-order chi connectivity index (χ0) is 18.2. The lowest BCUT2D eigenvalue weighted by Gasteiger charge is -2.34. The van der Waals surface area contributed by atoms with Crippen LogP contribution in [0.1, 0.15) is 26.7 Å². The Morgan fingerprint density at radius 1 is 1.24 bits per heavy atom. The molecule has 0 bridgehead atoms. The second kappa shape index (κ2) is 6.27. The molecule has 1 aromatic carbocycles. The van der Waals surface area contributed by atoms with Gasteiger partial charge in [-0.3, -0.25) is 14.4 Å². The molecule has 1 fully saturated rings. The van der Waals surface area contributed by atoms with Crippen LogP contribution in [0, 0.1) is 11.3 Å². The molecule has 1 N–H and O–H groups in total. The predicted octanol–water partition coefficient (Wildman–Crippen LogP) is 2.55. The van der Waals surface area contributed by atoms with E-state index in [1.165, 1.54) is 13.2 Å². The van der Waals surface area contributed by atoms with Gasteiger partial charge in [-0.05, 0) is 30.0 Å². The number of ketones is 1. The highest BCUT2D eigenvalue weighted by Crippen LogP contribution is 2.37. The Labute approximate surface area is 146 Å². The number of hydrogen-bond donors (Lipinski definition) is 1. The Morgan fingerprint density at radius 2 is 1.96 bits per heavy atom. The molecule has 0 radical (unpaired) electrons. The van der Waals surface area contributed by atoms with Crippen LogP contribution in [0.3, 0.4) is 0 Å². The third kappa shape index (κ3) is 3.38. The van der Waals surface area contributed by atoms with Gasteiger partial charge in [0.25, 0.3) is 11.8 Å². The SMILES string of the molecule is COc1ccccc1NC(=O)C1=CC2C(=O)CC(C)(C)CC2=NC1=O. The number of ether oxygens (including phenoxy) is 1. The Balaban J connectivity index is 1.85. The summed E-state index contributed by atoms with van der Waals surface area (Å²) in [6.07, 6.45) is 2.43. The second-order valence-corrected chi connectivity index (χ2v) is 7.10. The molecule has 1 unspecified atom stereocenters. The van der Waals surface area contributed by atoms with Crippen molar-refractivity contribution in [3.63, 3.8) is 0 Å². The van der Waals surface area contributed by atoms with E-state index in [1.807, 2.05) is 13.8 Å². The van der Waals surface area contributed by atoms with Crippen molar-refractivity contribution < 1.29 is 19.1 Å². The van der Waals surface area contributed by atoms with Crippen molar-refractivity contribution in [3.8, 4) is 5.75 Å². The molecule has 0 aromatic heterocycles. The molecule has 130 valence electrons. The number of carbonyl (C=O) groups excluding carboxylic acids is 3. The second-order valence-electron chi connectivity index (χ2n) is 7.10. The number of anilines is 1. The van der Waals surface area contributed by atoms with Gasteiger partial charge in [-0.1, -0.05) is 26.0 Å². The number of amides is 2. The van der Waals surface area contributed by atoms with Gasteiger partial charge >= 0.3 is 0 Å². The predicted molar refractivity (Wildman–Crippen MR) is 93.7 cm³/mol. The van der Waals surface area contributed by atoms with E-state index in [9.17, 15) is 14.4 Å². The largest absolute Gasteiger partial charge is 0.495 e. The number of carbonyl (C=O) groups is 3. The van der Waals surface area contributed by atoms with Crippen molar-refractivity contribution in [2.24, 2.45) is 16.3 Å². The molecule has 1 aromatic rings. The van der Waals surface area contributed by atoms with Gasteiger partial charge in [0.1, 0.15) is 17.1 Å². The summed E-state index contributed by atoms with van der Waals surface area (Å²) >= 11 is 0. The summed E-state index contributed by atoms with van der Waals surface area (Å²) in [6, 6.07) is 6.90. The lowest BCUT2D eigenvalue weighted by atomic mass is 9.70. The molecule has 1 aliphatic carbocycles. The highest BCUT2D eigenvalue weighted by atomic mass is 16.5. The van der Waals surface area contributed by atoms with Crippen LogP contribution in [0.15, 0.2) is 40.9 Å². The van der Waals surface area contributed by atoms with E-state index < -0.39 is 17.7 Å². The number of nitrogens with zero attached hydrogens (tertiary/aromatic N) is 1. The highest BCUT2D eigenvalue weighted by molar-refractivity contribution is 6.29. The first-order valence-corrected chi connectivity index (χ1v) is 8.11. The minimum Gasteiger partial charge on any atom is -0.495 e. The van der Waals surface area contributed by atoms with Gasteiger partial charge in [0.2, 0.25) is 0 Å². The molecule has 25 heavy (non-hydrogen) atoms. The van der Waals surface area contributed by atoms with Crippen LogP contribution in [0.2, 0.25) is 0 Å². The summed E-state index contributed by atoms with van der Waals surface area (Å²) in [5.41, 5.74) is 0.694. The molecule has 2 amide bonds. The van der Waals surface area contributed by atoms with Gasteiger partial charge in [0.15, 0.2) is 0 Å². The maximum atomic E-state index is 12.5. The molecular weight excluding hydrogens is 320 g/mol. The number of allylic oxidation sites excluding steroid dienone is 1. The highest BCUT2D eigenvalue weighted by Gasteiger charge is 2.40. The standard InChI is InChI=1S/C19H20N2O4/c1-19(2)9-14-11(15(22)10-19)8-12(18(24)21-14)17(23)20-13-6-4-5-7-16(13)25-3/h4-8,11H,9-10H2,1-3H3,(H,20,23). The molecule has 6 nitrogen and oxygen atoms in total. The van der Waals surface area contributed by atoms with E-state index in [2.05, 4.69) is 10.3 Å². The average molecular weight is 340 g/mol. The molecule has 1 atom stereocenters. The fraction of sp³-hybridized carbons (Fsp3) is 0.368. The molecule has 1 aliphatic heterocycles. The summed E-state index contributed by atoms with van der Waals surface area (Å²) in [5, 5.41) is 2.65. The number of aliphatic imine (C=N–C) groups is 1. The summed E-state index contributed by atoms with van der Waals surface area (Å²) in [4.78, 5) is 41.2. The number of Topliss-reactive ketones (excluding diaryl/α,β-unsaturated/α-hetero) is 1. The number of para-hydroxylation sites is 2. The van der Waals surface area contributed by atoms with E-state index in [0.717, 1.165) is 0 Å². The Morgan fingerprint density at radius 3 is 2.68 bits per heavy atom. The molecule has 1 heterocycles. The van der Waals surface area contributed by atoms with Gasteiger partial charge < -0.3 is 10.1 Å². The van der Waals surface area contributed by atoms with Gasteiger partial charge in [-0.25, -0.2) is 4.99 Å². The zero-order valence-corrected chi connectivity index (χ0v) is 14.5. The molecule has 0 spiro atoms.